The monoisotopic (exact) mass is 703 g/mol. The maximum atomic E-state index is 11.9. The van der Waals surface area contributed by atoms with Crippen molar-refractivity contribution in [3.8, 4) is 5.75 Å². The third-order valence-corrected chi connectivity index (χ3v) is 9.69. The summed E-state index contributed by atoms with van der Waals surface area (Å²) in [6, 6.07) is 21.8. The summed E-state index contributed by atoms with van der Waals surface area (Å²) in [5.41, 5.74) is 5.59. The van der Waals surface area contributed by atoms with Gasteiger partial charge in [0.25, 0.3) is 0 Å². The van der Waals surface area contributed by atoms with Crippen molar-refractivity contribution in [3.05, 3.63) is 94.5 Å². The van der Waals surface area contributed by atoms with Gasteiger partial charge in [-0.15, -0.1) is 0 Å². The molecule has 3 aromatic carbocycles. The van der Waals surface area contributed by atoms with E-state index in [9.17, 15) is 14.7 Å². The van der Waals surface area contributed by atoms with Crippen LogP contribution in [0.15, 0.2) is 66.7 Å². The molecule has 282 valence electrons. The lowest BCUT2D eigenvalue weighted by molar-refractivity contribution is -0.138. The number of methoxy groups -OCH3 is 1. The van der Waals surface area contributed by atoms with Gasteiger partial charge in [-0.2, -0.15) is 0 Å². The molecule has 0 radical (unpaired) electrons. The van der Waals surface area contributed by atoms with Crippen LogP contribution in [0.1, 0.15) is 94.0 Å². The second-order valence-electron chi connectivity index (χ2n) is 14.5. The summed E-state index contributed by atoms with van der Waals surface area (Å²) in [4.78, 5) is 26.9. The number of para-hydroxylation sites is 1. The van der Waals surface area contributed by atoms with Gasteiger partial charge in [0, 0.05) is 18.2 Å². The summed E-state index contributed by atoms with van der Waals surface area (Å²) >= 11 is 0. The Hall–Kier alpha value is -3.72. The quantitative estimate of drug-likeness (QED) is 0.165. The van der Waals surface area contributed by atoms with Crippen LogP contribution < -0.4 is 10.1 Å². The summed E-state index contributed by atoms with van der Waals surface area (Å²) in [7, 11) is 5.81. The van der Waals surface area contributed by atoms with E-state index in [0.29, 0.717) is 18.4 Å². The van der Waals surface area contributed by atoms with E-state index in [2.05, 4.69) is 56.9 Å². The number of carboxylic acids is 1. The van der Waals surface area contributed by atoms with Crippen molar-refractivity contribution in [1.82, 2.24) is 9.80 Å². The first-order chi connectivity index (χ1) is 24.1. The normalized spacial score (nSPS) is 17.6. The van der Waals surface area contributed by atoms with Gasteiger partial charge in [0.2, 0.25) is 5.91 Å². The highest BCUT2D eigenvalue weighted by molar-refractivity contribution is 5.93. The molecule has 8 nitrogen and oxygen atoms in total. The minimum atomic E-state index is -0.772. The van der Waals surface area contributed by atoms with Crippen molar-refractivity contribution in [2.45, 2.75) is 92.1 Å². The molecule has 0 aromatic heterocycles. The van der Waals surface area contributed by atoms with Gasteiger partial charge in [0.05, 0.1) is 25.2 Å². The summed E-state index contributed by atoms with van der Waals surface area (Å²) in [6.45, 7) is 17.4. The number of anilines is 1. The molecule has 0 saturated heterocycles. The highest BCUT2D eigenvalue weighted by Crippen LogP contribution is 2.42. The summed E-state index contributed by atoms with van der Waals surface area (Å²) < 4.78 is 5.29. The number of ether oxygens (including phenoxy) is 1. The molecular formula is C43H65N3O5. The maximum absolute atomic E-state index is 11.9. The second kappa shape index (κ2) is 21.6. The number of nitrogens with zero attached hydrogens (tertiary/aromatic N) is 2. The summed E-state index contributed by atoms with van der Waals surface area (Å²) in [6.07, 6.45) is 5.29. The molecule has 0 spiro atoms. The van der Waals surface area contributed by atoms with Crippen molar-refractivity contribution in [3.63, 3.8) is 0 Å². The lowest BCUT2D eigenvalue weighted by Crippen LogP contribution is -2.43. The fourth-order valence-corrected chi connectivity index (χ4v) is 6.58. The average Bonchev–Trinajstić information content (AvgIpc) is 3.10. The Balaban J connectivity index is 0.000000267. The zero-order valence-corrected chi connectivity index (χ0v) is 33.0. The molecule has 4 rings (SSSR count). The number of carbonyl (C=O) groups is 2. The number of aliphatic hydroxyl groups is 1. The van der Waals surface area contributed by atoms with Gasteiger partial charge in [0.1, 0.15) is 5.75 Å². The Morgan fingerprint density at radius 3 is 2.08 bits per heavy atom. The van der Waals surface area contributed by atoms with Crippen LogP contribution in [0.4, 0.5) is 5.69 Å². The Kier molecular flexibility index (Phi) is 18.4. The van der Waals surface area contributed by atoms with Gasteiger partial charge < -0.3 is 25.2 Å². The number of nitrogens with one attached hydrogen (secondary N) is 1. The number of rotatable bonds is 13. The molecule has 3 atom stereocenters. The summed E-state index contributed by atoms with van der Waals surface area (Å²) in [5, 5.41) is 23.0. The first-order valence-electron chi connectivity index (χ1n) is 18.6. The molecule has 1 amide bonds. The standard InChI is InChI=1S/C16H25NO2.C14H22N2O.C13H18O2/c1-17(2)12-14-7-4-5-10-16(14,18)13-8-6-9-15(11-13)19-3;1-5-16(6-2)10-13(17)15-14-11(3)8-7-9-12(14)4;1-9(2)8-11-4-6-12(7-5-11)10(3)13(14)15/h6,8-9,11,14,18H,4-5,7,10,12H2,1-3H3;7-9H,5-6,10H2,1-4H3,(H,15,17);4-7,9-10H,8H2,1-3H3,(H,14,15)/t14-,16+;;/m1../s1. The smallest absolute Gasteiger partial charge is 0.310 e. The number of aliphatic carboxylic acids is 1. The number of likely N-dealkylation sites (N-methyl/N-ethyl adjacent to an activating group) is 1. The van der Waals surface area contributed by atoms with Crippen molar-refractivity contribution in [2.75, 3.05) is 52.7 Å². The Morgan fingerprint density at radius 2 is 1.55 bits per heavy atom. The number of carbonyl (C=O) groups excluding carboxylic acids is 1. The van der Waals surface area contributed by atoms with Crippen LogP contribution >= 0.6 is 0 Å². The fraction of sp³-hybridized carbons (Fsp3) is 0.535. The van der Waals surface area contributed by atoms with E-state index >= 15 is 0 Å². The van der Waals surface area contributed by atoms with E-state index in [-0.39, 0.29) is 5.91 Å². The Bertz CT molecular complexity index is 1460. The van der Waals surface area contributed by atoms with Gasteiger partial charge in [-0.05, 0) is 113 Å². The SMILES string of the molecule is CC(C)Cc1ccc(C(C)C(=O)O)cc1.CCN(CC)CC(=O)Nc1c(C)cccc1C.COc1cccc([C@@]2(O)CCCC[C@@H]2CN(C)C)c1. The molecule has 0 heterocycles. The van der Waals surface area contributed by atoms with E-state index in [0.717, 1.165) is 79.0 Å². The molecule has 1 saturated carbocycles. The second-order valence-corrected chi connectivity index (χ2v) is 14.5. The minimum absolute atomic E-state index is 0.0612. The first kappa shape index (κ1) is 43.4. The molecule has 1 aliphatic carbocycles. The molecule has 51 heavy (non-hydrogen) atoms. The molecule has 3 N–H and O–H groups in total. The molecule has 8 heteroatoms. The van der Waals surface area contributed by atoms with Crippen LogP contribution in [0, 0.1) is 25.7 Å². The van der Waals surface area contributed by atoms with Crippen LogP contribution in [-0.4, -0.2) is 79.3 Å². The number of aryl methyl sites for hydroxylation is 2. The van der Waals surface area contributed by atoms with Crippen LogP contribution in [-0.2, 0) is 21.6 Å². The number of benzene rings is 3. The average molecular weight is 704 g/mol. The van der Waals surface area contributed by atoms with E-state index in [4.69, 9.17) is 9.84 Å². The minimum Gasteiger partial charge on any atom is -0.497 e. The number of amides is 1. The van der Waals surface area contributed by atoms with Gasteiger partial charge in [-0.1, -0.05) is 95.1 Å². The van der Waals surface area contributed by atoms with Crippen LogP contribution in [0.25, 0.3) is 0 Å². The third kappa shape index (κ3) is 14.1. The zero-order chi connectivity index (χ0) is 38.1. The van der Waals surface area contributed by atoms with Crippen molar-refractivity contribution >= 4 is 17.6 Å². The number of carboxylic acid groups (broad SMARTS) is 1. The molecular weight excluding hydrogens is 638 g/mol. The van der Waals surface area contributed by atoms with E-state index in [1.54, 1.807) is 14.0 Å². The van der Waals surface area contributed by atoms with Crippen LogP contribution in [0.3, 0.4) is 0 Å². The van der Waals surface area contributed by atoms with Gasteiger partial charge in [-0.3, -0.25) is 14.5 Å². The van der Waals surface area contributed by atoms with Crippen LogP contribution in [0.5, 0.6) is 5.75 Å². The van der Waals surface area contributed by atoms with E-state index in [1.165, 1.54) is 12.0 Å². The lowest BCUT2D eigenvalue weighted by Gasteiger charge is -2.41. The predicted octanol–water partition coefficient (Wildman–Crippen LogP) is 8.29. The number of hydrogen-bond acceptors (Lipinski definition) is 6. The van der Waals surface area contributed by atoms with Crippen molar-refractivity contribution < 1.29 is 24.5 Å². The highest BCUT2D eigenvalue weighted by Gasteiger charge is 2.40. The first-order valence-corrected chi connectivity index (χ1v) is 18.6. The largest absolute Gasteiger partial charge is 0.497 e. The molecule has 1 aliphatic rings. The fourth-order valence-electron chi connectivity index (χ4n) is 6.58. The van der Waals surface area contributed by atoms with E-state index < -0.39 is 17.5 Å². The van der Waals surface area contributed by atoms with Gasteiger partial charge >= 0.3 is 5.97 Å². The van der Waals surface area contributed by atoms with Crippen LogP contribution in [0.2, 0.25) is 0 Å². The van der Waals surface area contributed by atoms with Crippen molar-refractivity contribution in [1.29, 1.82) is 0 Å². The topological polar surface area (TPSA) is 102 Å². The molecule has 0 bridgehead atoms. The predicted molar refractivity (Wildman–Crippen MR) is 211 cm³/mol. The third-order valence-electron chi connectivity index (χ3n) is 9.69. The highest BCUT2D eigenvalue weighted by atomic mass is 16.5. The maximum Gasteiger partial charge on any atom is 0.310 e. The Labute approximate surface area is 308 Å². The zero-order valence-electron chi connectivity index (χ0n) is 33.0. The van der Waals surface area contributed by atoms with E-state index in [1.807, 2.05) is 80.6 Å². The summed E-state index contributed by atoms with van der Waals surface area (Å²) in [5.74, 6) is 0.618. The molecule has 3 aromatic rings. The van der Waals surface area contributed by atoms with Gasteiger partial charge in [-0.25, -0.2) is 0 Å². The Morgan fingerprint density at radius 1 is 0.941 bits per heavy atom. The van der Waals surface area contributed by atoms with Crippen molar-refractivity contribution in [2.24, 2.45) is 11.8 Å². The molecule has 0 aliphatic heterocycles. The molecule has 1 fully saturated rings. The van der Waals surface area contributed by atoms with Gasteiger partial charge in [0.15, 0.2) is 0 Å². The lowest BCUT2D eigenvalue weighted by atomic mass is 9.71. The number of hydrogen-bond donors (Lipinski definition) is 3. The molecule has 1 unspecified atom stereocenters.